The third-order valence-corrected chi connectivity index (χ3v) is 4.15. The molecule has 0 fully saturated rings. The fourth-order valence-electron chi connectivity index (χ4n) is 2.45. The molecule has 4 nitrogen and oxygen atoms in total. The van der Waals surface area contributed by atoms with Gasteiger partial charge in [0.25, 0.3) is 11.8 Å². The van der Waals surface area contributed by atoms with Crippen molar-refractivity contribution in [1.82, 2.24) is 10.6 Å². The van der Waals surface area contributed by atoms with Gasteiger partial charge in [-0.15, -0.1) is 0 Å². The second-order valence-electron chi connectivity index (χ2n) is 6.21. The molecule has 4 heteroatoms. The quantitative estimate of drug-likeness (QED) is 0.723. The van der Waals surface area contributed by atoms with Gasteiger partial charge in [0.2, 0.25) is 0 Å². The second kappa shape index (κ2) is 9.62. The van der Waals surface area contributed by atoms with Gasteiger partial charge in [-0.25, -0.2) is 0 Å². The first-order valence-corrected chi connectivity index (χ1v) is 8.83. The standard InChI is InChI=1S/C21H26N2O2/c1-3-16(2)23-21(25)19-13-7-12-18(15-19)20(24)22-14-8-11-17-9-5-4-6-10-17/h4-7,9-10,12-13,15-16H,3,8,11,14H2,1-2H3,(H,22,24)(H,23,25). The van der Waals surface area contributed by atoms with E-state index in [0.717, 1.165) is 19.3 Å². The van der Waals surface area contributed by atoms with Gasteiger partial charge in [-0.1, -0.05) is 43.3 Å². The van der Waals surface area contributed by atoms with E-state index in [1.807, 2.05) is 32.0 Å². The van der Waals surface area contributed by atoms with Crippen LogP contribution in [0.15, 0.2) is 54.6 Å². The molecule has 0 bridgehead atoms. The zero-order valence-electron chi connectivity index (χ0n) is 14.9. The van der Waals surface area contributed by atoms with E-state index in [1.165, 1.54) is 5.56 Å². The number of carbonyl (C=O) groups is 2. The summed E-state index contributed by atoms with van der Waals surface area (Å²) in [5.74, 6) is -0.292. The molecule has 1 unspecified atom stereocenters. The molecular formula is C21H26N2O2. The van der Waals surface area contributed by atoms with Gasteiger partial charge in [-0.05, 0) is 49.9 Å². The molecule has 25 heavy (non-hydrogen) atoms. The zero-order valence-corrected chi connectivity index (χ0v) is 14.9. The molecule has 2 N–H and O–H groups in total. The number of rotatable bonds is 8. The van der Waals surface area contributed by atoms with E-state index in [2.05, 4.69) is 22.8 Å². The summed E-state index contributed by atoms with van der Waals surface area (Å²) in [6.45, 7) is 4.59. The molecule has 0 saturated carbocycles. The predicted molar refractivity (Wildman–Crippen MR) is 101 cm³/mol. The Bertz CT molecular complexity index is 698. The van der Waals surface area contributed by atoms with E-state index in [4.69, 9.17) is 0 Å². The van der Waals surface area contributed by atoms with Crippen molar-refractivity contribution in [2.75, 3.05) is 6.54 Å². The lowest BCUT2D eigenvalue weighted by Crippen LogP contribution is -2.32. The van der Waals surface area contributed by atoms with Crippen LogP contribution in [0.4, 0.5) is 0 Å². The highest BCUT2D eigenvalue weighted by Crippen LogP contribution is 2.07. The molecular weight excluding hydrogens is 312 g/mol. The lowest BCUT2D eigenvalue weighted by Gasteiger charge is -2.12. The van der Waals surface area contributed by atoms with Gasteiger partial charge in [0, 0.05) is 23.7 Å². The Morgan fingerprint density at radius 1 is 0.960 bits per heavy atom. The predicted octanol–water partition coefficient (Wildman–Crippen LogP) is 3.58. The smallest absolute Gasteiger partial charge is 0.251 e. The van der Waals surface area contributed by atoms with Crippen LogP contribution in [-0.2, 0) is 6.42 Å². The van der Waals surface area contributed by atoms with Gasteiger partial charge in [-0.2, -0.15) is 0 Å². The van der Waals surface area contributed by atoms with Crippen molar-refractivity contribution in [3.8, 4) is 0 Å². The van der Waals surface area contributed by atoms with Gasteiger partial charge in [0.05, 0.1) is 0 Å². The fraction of sp³-hybridized carbons (Fsp3) is 0.333. The highest BCUT2D eigenvalue weighted by Gasteiger charge is 2.11. The van der Waals surface area contributed by atoms with E-state index < -0.39 is 0 Å². The topological polar surface area (TPSA) is 58.2 Å². The maximum Gasteiger partial charge on any atom is 0.251 e. The van der Waals surface area contributed by atoms with Gasteiger partial charge in [-0.3, -0.25) is 9.59 Å². The first kappa shape index (κ1) is 18.7. The maximum absolute atomic E-state index is 12.3. The van der Waals surface area contributed by atoms with Crippen molar-refractivity contribution in [3.05, 3.63) is 71.3 Å². The Kier molecular flexibility index (Phi) is 7.20. The molecule has 0 aliphatic carbocycles. The molecule has 0 aromatic heterocycles. The number of carbonyl (C=O) groups excluding carboxylic acids is 2. The lowest BCUT2D eigenvalue weighted by atomic mass is 10.1. The molecule has 0 radical (unpaired) electrons. The number of hydrogen-bond acceptors (Lipinski definition) is 2. The average molecular weight is 338 g/mol. The van der Waals surface area contributed by atoms with E-state index in [-0.39, 0.29) is 17.9 Å². The molecule has 2 aromatic rings. The monoisotopic (exact) mass is 338 g/mol. The van der Waals surface area contributed by atoms with Gasteiger partial charge in [0.15, 0.2) is 0 Å². The van der Waals surface area contributed by atoms with Crippen molar-refractivity contribution >= 4 is 11.8 Å². The van der Waals surface area contributed by atoms with Crippen LogP contribution in [0, 0.1) is 0 Å². The van der Waals surface area contributed by atoms with Gasteiger partial charge in [0.1, 0.15) is 0 Å². The van der Waals surface area contributed by atoms with Crippen LogP contribution in [-0.4, -0.2) is 24.4 Å². The molecule has 2 rings (SSSR count). The first-order valence-electron chi connectivity index (χ1n) is 8.83. The number of hydrogen-bond donors (Lipinski definition) is 2. The van der Waals surface area contributed by atoms with Crippen molar-refractivity contribution in [2.45, 2.75) is 39.2 Å². The average Bonchev–Trinajstić information content (AvgIpc) is 2.65. The Morgan fingerprint density at radius 3 is 2.32 bits per heavy atom. The minimum absolute atomic E-state index is 0.114. The molecule has 0 heterocycles. The molecule has 0 saturated heterocycles. The van der Waals surface area contributed by atoms with Crippen LogP contribution in [0.5, 0.6) is 0 Å². The Balaban J connectivity index is 1.85. The maximum atomic E-state index is 12.3. The third kappa shape index (κ3) is 6.07. The Morgan fingerprint density at radius 2 is 1.64 bits per heavy atom. The summed E-state index contributed by atoms with van der Waals surface area (Å²) in [5, 5.41) is 5.83. The number of benzene rings is 2. The van der Waals surface area contributed by atoms with Crippen LogP contribution < -0.4 is 10.6 Å². The van der Waals surface area contributed by atoms with E-state index in [0.29, 0.717) is 17.7 Å². The van der Waals surface area contributed by atoms with Gasteiger partial charge >= 0.3 is 0 Å². The normalized spacial score (nSPS) is 11.6. The van der Waals surface area contributed by atoms with Gasteiger partial charge < -0.3 is 10.6 Å². The summed E-state index contributed by atoms with van der Waals surface area (Å²) in [6, 6.07) is 17.2. The van der Waals surface area contributed by atoms with E-state index in [9.17, 15) is 9.59 Å². The molecule has 2 amide bonds. The zero-order chi connectivity index (χ0) is 18.1. The summed E-state index contributed by atoms with van der Waals surface area (Å²) in [5.41, 5.74) is 2.29. The lowest BCUT2D eigenvalue weighted by molar-refractivity contribution is 0.0939. The van der Waals surface area contributed by atoms with Crippen LogP contribution >= 0.6 is 0 Å². The highest BCUT2D eigenvalue weighted by atomic mass is 16.2. The number of amides is 2. The second-order valence-corrected chi connectivity index (χ2v) is 6.21. The van der Waals surface area contributed by atoms with E-state index in [1.54, 1.807) is 24.3 Å². The summed E-state index contributed by atoms with van der Waals surface area (Å²) < 4.78 is 0. The Labute approximate surface area is 149 Å². The van der Waals surface area contributed by atoms with Crippen LogP contribution in [0.1, 0.15) is 53.0 Å². The summed E-state index contributed by atoms with van der Waals surface area (Å²) in [4.78, 5) is 24.4. The van der Waals surface area contributed by atoms with Crippen LogP contribution in [0.2, 0.25) is 0 Å². The third-order valence-electron chi connectivity index (χ3n) is 4.15. The number of nitrogens with one attached hydrogen (secondary N) is 2. The summed E-state index contributed by atoms with van der Waals surface area (Å²) >= 11 is 0. The van der Waals surface area contributed by atoms with Crippen molar-refractivity contribution in [3.63, 3.8) is 0 Å². The minimum atomic E-state index is -0.147. The van der Waals surface area contributed by atoms with Crippen LogP contribution in [0.3, 0.4) is 0 Å². The minimum Gasteiger partial charge on any atom is -0.352 e. The SMILES string of the molecule is CCC(C)NC(=O)c1cccc(C(=O)NCCCc2ccccc2)c1. The molecule has 132 valence electrons. The fourth-order valence-corrected chi connectivity index (χ4v) is 2.45. The molecule has 0 aliphatic heterocycles. The largest absolute Gasteiger partial charge is 0.352 e. The van der Waals surface area contributed by atoms with Crippen molar-refractivity contribution in [1.29, 1.82) is 0 Å². The first-order chi connectivity index (χ1) is 12.1. The van der Waals surface area contributed by atoms with E-state index >= 15 is 0 Å². The van der Waals surface area contributed by atoms with Crippen molar-refractivity contribution in [2.24, 2.45) is 0 Å². The van der Waals surface area contributed by atoms with Crippen LogP contribution in [0.25, 0.3) is 0 Å². The molecule has 2 aromatic carbocycles. The summed E-state index contributed by atoms with van der Waals surface area (Å²) in [6.07, 6.45) is 2.68. The van der Waals surface area contributed by atoms with Crippen molar-refractivity contribution < 1.29 is 9.59 Å². The number of aryl methyl sites for hydroxylation is 1. The summed E-state index contributed by atoms with van der Waals surface area (Å²) in [7, 11) is 0. The molecule has 0 aliphatic rings. The highest BCUT2D eigenvalue weighted by molar-refractivity contribution is 5.99. The molecule has 1 atom stereocenters. The molecule has 0 spiro atoms. The Hall–Kier alpha value is -2.62.